The van der Waals surface area contributed by atoms with Crippen LogP contribution in [0.15, 0.2) is 73.2 Å². The molecule has 12 heteroatoms. The zero-order valence-electron chi connectivity index (χ0n) is 27.6. The number of esters is 1. The monoisotopic (exact) mass is 793 g/mol. The van der Waals surface area contributed by atoms with Crippen molar-refractivity contribution in [3.8, 4) is 22.7 Å². The first-order chi connectivity index (χ1) is 23.8. The molecule has 0 bridgehead atoms. The van der Waals surface area contributed by atoms with E-state index in [4.69, 9.17) is 19.2 Å². The fraction of sp³-hybridized carbons (Fsp3) is 0.324. The number of ether oxygens (including phenoxy) is 3. The van der Waals surface area contributed by atoms with Gasteiger partial charge in [-0.3, -0.25) is 4.90 Å². The van der Waals surface area contributed by atoms with Crippen molar-refractivity contribution in [2.24, 2.45) is 0 Å². The van der Waals surface area contributed by atoms with E-state index in [-0.39, 0.29) is 30.5 Å². The SMILES string of the molecule is COC(=O)c1ccc2nc(CN3CCC(Oc4cccc(COc5ccc(C#CSI)cc5F)c4)CC3)n(Cc3cncn3C(C)C)c2c1. The van der Waals surface area contributed by atoms with Gasteiger partial charge in [0.2, 0.25) is 0 Å². The van der Waals surface area contributed by atoms with Crippen LogP contribution in [0.2, 0.25) is 0 Å². The van der Waals surface area contributed by atoms with Crippen molar-refractivity contribution in [3.05, 3.63) is 107 Å². The number of rotatable bonds is 11. The molecular weight excluding hydrogens is 756 g/mol. The van der Waals surface area contributed by atoms with Gasteiger partial charge in [0.25, 0.3) is 0 Å². The number of fused-ring (bicyclic) bond motifs is 1. The fourth-order valence-corrected chi connectivity index (χ4v) is 6.50. The van der Waals surface area contributed by atoms with Gasteiger partial charge in [-0.25, -0.2) is 19.2 Å². The van der Waals surface area contributed by atoms with Gasteiger partial charge in [0.1, 0.15) is 24.3 Å². The highest BCUT2D eigenvalue weighted by Crippen LogP contribution is 2.26. The standard InChI is InChI=1S/C37H37FIN5O4S/c1-25(2)44-24-40-20-29(44)21-43-34-19-28(37(45)46-3)8-9-33(34)41-36(43)22-42-14-11-30(12-15-42)48-31-6-4-5-27(17-31)23-47-35-10-7-26(13-16-49-39)18-32(35)38/h4-10,17-20,24-25,30H,11-12,14-15,21-23H2,1-3H3. The molecule has 49 heavy (non-hydrogen) atoms. The summed E-state index contributed by atoms with van der Waals surface area (Å²) in [6.45, 7) is 7.44. The predicted octanol–water partition coefficient (Wildman–Crippen LogP) is 7.80. The summed E-state index contributed by atoms with van der Waals surface area (Å²) in [5.41, 5.74) is 4.78. The van der Waals surface area contributed by atoms with E-state index in [1.54, 1.807) is 18.2 Å². The van der Waals surface area contributed by atoms with Gasteiger partial charge in [0.05, 0.1) is 48.8 Å². The van der Waals surface area contributed by atoms with E-state index in [1.165, 1.54) is 22.1 Å². The van der Waals surface area contributed by atoms with Crippen LogP contribution < -0.4 is 9.47 Å². The molecule has 9 nitrogen and oxygen atoms in total. The van der Waals surface area contributed by atoms with Crippen LogP contribution in [0.5, 0.6) is 11.5 Å². The minimum Gasteiger partial charge on any atom is -0.490 e. The Hall–Kier alpha value is -4.06. The maximum Gasteiger partial charge on any atom is 0.337 e. The highest BCUT2D eigenvalue weighted by atomic mass is 127. The topological polar surface area (TPSA) is 83.6 Å². The second-order valence-electron chi connectivity index (χ2n) is 12.2. The first-order valence-electron chi connectivity index (χ1n) is 16.1. The number of hydrogen-bond acceptors (Lipinski definition) is 8. The van der Waals surface area contributed by atoms with Crippen molar-refractivity contribution in [1.29, 1.82) is 0 Å². The second kappa shape index (κ2) is 16.1. The highest BCUT2D eigenvalue weighted by molar-refractivity contribution is 14.2. The van der Waals surface area contributed by atoms with E-state index in [1.807, 2.05) is 48.9 Å². The molecule has 2 aromatic heterocycles. The third-order valence-corrected chi connectivity index (χ3v) is 9.37. The summed E-state index contributed by atoms with van der Waals surface area (Å²) in [5.74, 6) is 3.97. The molecule has 0 radical (unpaired) electrons. The fourth-order valence-electron chi connectivity index (χ4n) is 6.02. The van der Waals surface area contributed by atoms with E-state index >= 15 is 0 Å². The van der Waals surface area contributed by atoms with Crippen LogP contribution in [-0.2, 0) is 24.4 Å². The number of aromatic nitrogens is 4. The van der Waals surface area contributed by atoms with Gasteiger partial charge in [-0.15, -0.1) is 0 Å². The van der Waals surface area contributed by atoms with E-state index in [0.717, 1.165) is 59.8 Å². The van der Waals surface area contributed by atoms with Crippen molar-refractivity contribution in [2.45, 2.75) is 58.5 Å². The van der Waals surface area contributed by atoms with Crippen LogP contribution in [0.25, 0.3) is 11.0 Å². The summed E-state index contributed by atoms with van der Waals surface area (Å²) in [4.78, 5) is 24.2. The Balaban J connectivity index is 1.09. The second-order valence-corrected chi connectivity index (χ2v) is 13.9. The molecule has 0 atom stereocenters. The molecule has 1 saturated heterocycles. The predicted molar refractivity (Wildman–Crippen MR) is 197 cm³/mol. The summed E-state index contributed by atoms with van der Waals surface area (Å²) in [6.07, 6.45) is 5.55. The summed E-state index contributed by atoms with van der Waals surface area (Å²) < 4.78 is 36.1. The molecule has 254 valence electrons. The largest absolute Gasteiger partial charge is 0.490 e. The van der Waals surface area contributed by atoms with Crippen molar-refractivity contribution in [3.63, 3.8) is 0 Å². The molecule has 0 saturated carbocycles. The molecular formula is C37H37FIN5O4S. The molecule has 0 unspecified atom stereocenters. The van der Waals surface area contributed by atoms with Crippen LogP contribution >= 0.6 is 30.1 Å². The molecule has 0 aliphatic carbocycles. The Morgan fingerprint density at radius 3 is 2.69 bits per heavy atom. The Bertz CT molecular complexity index is 1990. The number of methoxy groups -OCH3 is 1. The Morgan fingerprint density at radius 1 is 1.10 bits per heavy atom. The molecule has 5 aromatic rings. The van der Waals surface area contributed by atoms with Crippen molar-refractivity contribution in [2.75, 3.05) is 20.2 Å². The third kappa shape index (κ3) is 8.57. The lowest BCUT2D eigenvalue weighted by atomic mass is 10.1. The van der Waals surface area contributed by atoms with Gasteiger partial charge in [-0.2, -0.15) is 0 Å². The van der Waals surface area contributed by atoms with E-state index in [2.05, 4.69) is 65.2 Å². The third-order valence-electron chi connectivity index (χ3n) is 8.53. The summed E-state index contributed by atoms with van der Waals surface area (Å²) in [6, 6.07) is 18.3. The molecule has 3 aromatic carbocycles. The van der Waals surface area contributed by atoms with Crippen molar-refractivity contribution < 1.29 is 23.4 Å². The van der Waals surface area contributed by atoms with Crippen molar-refractivity contribution >= 4 is 47.1 Å². The average Bonchev–Trinajstić information content (AvgIpc) is 3.72. The van der Waals surface area contributed by atoms with E-state index in [0.29, 0.717) is 24.2 Å². The lowest BCUT2D eigenvalue weighted by molar-refractivity contribution is 0.0601. The number of hydrogen-bond donors (Lipinski definition) is 0. The molecule has 1 aliphatic rings. The summed E-state index contributed by atoms with van der Waals surface area (Å²) in [5, 5.41) is 2.86. The van der Waals surface area contributed by atoms with Gasteiger partial charge < -0.3 is 23.3 Å². The molecule has 0 spiro atoms. The van der Waals surface area contributed by atoms with Crippen LogP contribution in [0.4, 0.5) is 4.39 Å². The lowest BCUT2D eigenvalue weighted by Crippen LogP contribution is -2.38. The number of carbonyl (C=O) groups is 1. The Kier molecular flexibility index (Phi) is 11.4. The number of benzene rings is 3. The van der Waals surface area contributed by atoms with Crippen LogP contribution in [0, 0.1) is 17.0 Å². The van der Waals surface area contributed by atoms with Gasteiger partial charge in [0, 0.05) is 52.1 Å². The van der Waals surface area contributed by atoms with Gasteiger partial charge in [-0.1, -0.05) is 18.1 Å². The average molecular weight is 794 g/mol. The minimum atomic E-state index is -0.437. The lowest BCUT2D eigenvalue weighted by Gasteiger charge is -2.32. The van der Waals surface area contributed by atoms with E-state index in [9.17, 15) is 9.18 Å². The first kappa shape index (κ1) is 34.8. The highest BCUT2D eigenvalue weighted by Gasteiger charge is 2.24. The van der Waals surface area contributed by atoms with Gasteiger partial charge in [-0.05, 0) is 95.0 Å². The number of halogens is 2. The Labute approximate surface area is 301 Å². The normalized spacial score (nSPS) is 13.8. The number of likely N-dealkylation sites (tertiary alicyclic amines) is 1. The van der Waals surface area contributed by atoms with Gasteiger partial charge >= 0.3 is 5.97 Å². The minimum absolute atomic E-state index is 0.0704. The van der Waals surface area contributed by atoms with Crippen LogP contribution in [0.1, 0.15) is 65.7 Å². The zero-order chi connectivity index (χ0) is 34.3. The maximum absolute atomic E-state index is 14.5. The number of imidazole rings is 2. The molecule has 3 heterocycles. The van der Waals surface area contributed by atoms with E-state index < -0.39 is 5.82 Å². The smallest absolute Gasteiger partial charge is 0.337 e. The first-order valence-corrected chi connectivity index (χ1v) is 19.4. The number of carbonyl (C=O) groups excluding carboxylic acids is 1. The van der Waals surface area contributed by atoms with Gasteiger partial charge in [0.15, 0.2) is 11.6 Å². The van der Waals surface area contributed by atoms with Crippen LogP contribution in [0.3, 0.4) is 0 Å². The zero-order valence-corrected chi connectivity index (χ0v) is 30.5. The molecule has 0 N–H and O–H groups in total. The molecule has 0 amide bonds. The quantitative estimate of drug-likeness (QED) is 0.0762. The summed E-state index contributed by atoms with van der Waals surface area (Å²) in [7, 11) is 2.75. The summed E-state index contributed by atoms with van der Waals surface area (Å²) >= 11 is 2.08. The number of nitrogens with zero attached hydrogens (tertiary/aromatic N) is 5. The van der Waals surface area contributed by atoms with Crippen molar-refractivity contribution in [1.82, 2.24) is 24.0 Å². The molecule has 1 fully saturated rings. The molecule has 1 aliphatic heterocycles. The van der Waals surface area contributed by atoms with Crippen LogP contribution in [-0.4, -0.2) is 56.3 Å². The molecule has 6 rings (SSSR count). The number of piperidine rings is 1. The Morgan fingerprint density at radius 2 is 1.94 bits per heavy atom. The maximum atomic E-state index is 14.5.